The smallest absolute Gasteiger partial charge is 0.305 e. The van der Waals surface area contributed by atoms with Crippen molar-refractivity contribution in [3.63, 3.8) is 0 Å². The summed E-state index contributed by atoms with van der Waals surface area (Å²) in [6.45, 7) is 0.0642. The quantitative estimate of drug-likeness (QED) is 0.561. The molecule has 0 aliphatic heterocycles. The van der Waals surface area contributed by atoms with E-state index in [1.54, 1.807) is 0 Å². The number of aryl methyl sites for hydroxylation is 1. The molecule has 0 aromatic carbocycles. The molecule has 9 nitrogen and oxygen atoms in total. The second-order valence-electron chi connectivity index (χ2n) is 4.39. The van der Waals surface area contributed by atoms with Gasteiger partial charge in [0.05, 0.1) is 17.5 Å². The van der Waals surface area contributed by atoms with E-state index in [2.05, 4.69) is 0 Å². The molecule has 0 aliphatic carbocycles. The number of pyridine rings is 1. The van der Waals surface area contributed by atoms with E-state index in [0.29, 0.717) is 0 Å². The van der Waals surface area contributed by atoms with Gasteiger partial charge in [0.1, 0.15) is 0 Å². The highest BCUT2D eigenvalue weighted by Gasteiger charge is 2.12. The summed E-state index contributed by atoms with van der Waals surface area (Å²) in [6.07, 6.45) is 0.864. The molecule has 0 aliphatic rings. The lowest BCUT2D eigenvalue weighted by molar-refractivity contribution is -0.385. The van der Waals surface area contributed by atoms with Gasteiger partial charge in [-0.05, 0) is 0 Å². The number of hydrogen-bond acceptors (Lipinski definition) is 5. The summed E-state index contributed by atoms with van der Waals surface area (Å²) in [5.74, 6) is -1.35. The molecule has 0 radical (unpaired) electrons. The van der Waals surface area contributed by atoms with Crippen molar-refractivity contribution < 1.29 is 19.6 Å². The summed E-state index contributed by atoms with van der Waals surface area (Å²) < 4.78 is 1.08. The van der Waals surface area contributed by atoms with E-state index < -0.39 is 16.5 Å². The number of aromatic nitrogens is 1. The minimum absolute atomic E-state index is 0.00322. The van der Waals surface area contributed by atoms with Crippen LogP contribution >= 0.6 is 0 Å². The maximum Gasteiger partial charge on any atom is 0.305 e. The van der Waals surface area contributed by atoms with Gasteiger partial charge < -0.3 is 14.6 Å². The molecule has 0 bridgehead atoms. The fraction of sp³-hybridized carbons (Fsp3) is 0.417. The summed E-state index contributed by atoms with van der Waals surface area (Å²) in [7, 11) is 1.46. The Hall–Kier alpha value is -2.71. The van der Waals surface area contributed by atoms with Crippen molar-refractivity contribution in [1.29, 1.82) is 0 Å². The van der Waals surface area contributed by atoms with Gasteiger partial charge in [-0.1, -0.05) is 0 Å². The highest BCUT2D eigenvalue weighted by atomic mass is 16.6. The molecule has 0 saturated heterocycles. The Morgan fingerprint density at radius 1 is 1.38 bits per heavy atom. The highest BCUT2D eigenvalue weighted by Crippen LogP contribution is 2.07. The molecule has 1 rings (SSSR count). The summed E-state index contributed by atoms with van der Waals surface area (Å²) in [5.41, 5.74) is -0.678. The van der Waals surface area contributed by atoms with E-state index >= 15 is 0 Å². The fourth-order valence-electron chi connectivity index (χ4n) is 1.60. The van der Waals surface area contributed by atoms with Gasteiger partial charge in [-0.3, -0.25) is 24.5 Å². The van der Waals surface area contributed by atoms with Gasteiger partial charge in [0.25, 0.3) is 11.2 Å². The molecule has 0 saturated carbocycles. The van der Waals surface area contributed by atoms with Crippen LogP contribution in [-0.2, 0) is 16.1 Å². The standard InChI is InChI=1S/C12H15N3O6/c1-13(6-5-12(18)19)10(16)4-7-14-8-9(15(20)21)2-3-11(14)17/h2-3,8H,4-7H2,1H3,(H,18,19). The van der Waals surface area contributed by atoms with Crippen LogP contribution in [0.15, 0.2) is 23.1 Å². The van der Waals surface area contributed by atoms with E-state index in [0.717, 1.165) is 22.9 Å². The predicted molar refractivity (Wildman–Crippen MR) is 71.9 cm³/mol. The third-order valence-electron chi connectivity index (χ3n) is 2.83. The number of aliphatic carboxylic acids is 1. The Labute approximate surface area is 119 Å². The first-order valence-corrected chi connectivity index (χ1v) is 6.12. The number of nitrogens with zero attached hydrogens (tertiary/aromatic N) is 3. The number of carbonyl (C=O) groups excluding carboxylic acids is 1. The molecule has 1 aromatic rings. The second-order valence-corrected chi connectivity index (χ2v) is 4.39. The molecular weight excluding hydrogens is 282 g/mol. The van der Waals surface area contributed by atoms with Crippen LogP contribution in [0.25, 0.3) is 0 Å². The third-order valence-corrected chi connectivity index (χ3v) is 2.83. The lowest BCUT2D eigenvalue weighted by Crippen LogP contribution is -2.31. The van der Waals surface area contributed by atoms with Crippen molar-refractivity contribution >= 4 is 17.6 Å². The summed E-state index contributed by atoms with van der Waals surface area (Å²) in [5, 5.41) is 19.1. The first-order valence-electron chi connectivity index (χ1n) is 6.12. The topological polar surface area (TPSA) is 123 Å². The molecule has 21 heavy (non-hydrogen) atoms. The van der Waals surface area contributed by atoms with E-state index in [-0.39, 0.29) is 37.5 Å². The van der Waals surface area contributed by atoms with Crippen LogP contribution in [-0.4, -0.2) is 45.0 Å². The molecule has 1 amide bonds. The zero-order valence-corrected chi connectivity index (χ0v) is 11.4. The normalized spacial score (nSPS) is 10.1. The highest BCUT2D eigenvalue weighted by molar-refractivity contribution is 5.76. The number of carboxylic acid groups (broad SMARTS) is 1. The van der Waals surface area contributed by atoms with Crippen molar-refractivity contribution in [1.82, 2.24) is 9.47 Å². The summed E-state index contributed by atoms with van der Waals surface area (Å²) in [4.78, 5) is 44.9. The molecule has 114 valence electrons. The number of carbonyl (C=O) groups is 2. The largest absolute Gasteiger partial charge is 0.481 e. The molecule has 1 N–H and O–H groups in total. The summed E-state index contributed by atoms with van der Waals surface area (Å²) >= 11 is 0. The fourth-order valence-corrected chi connectivity index (χ4v) is 1.60. The van der Waals surface area contributed by atoms with Gasteiger partial charge in [-0.15, -0.1) is 0 Å². The van der Waals surface area contributed by atoms with Gasteiger partial charge in [0.15, 0.2) is 0 Å². The van der Waals surface area contributed by atoms with E-state index in [4.69, 9.17) is 5.11 Å². The minimum atomic E-state index is -1.01. The molecule has 1 heterocycles. The van der Waals surface area contributed by atoms with Crippen molar-refractivity contribution in [3.05, 3.63) is 38.8 Å². The predicted octanol–water partition coefficient (Wildman–Crippen LogP) is 0.0797. The maximum atomic E-state index is 11.7. The maximum absolute atomic E-state index is 11.7. The number of hydrogen-bond donors (Lipinski definition) is 1. The van der Waals surface area contributed by atoms with Crippen molar-refractivity contribution in [2.75, 3.05) is 13.6 Å². The van der Waals surface area contributed by atoms with Gasteiger partial charge >= 0.3 is 5.97 Å². The number of rotatable bonds is 7. The van der Waals surface area contributed by atoms with E-state index in [9.17, 15) is 24.5 Å². The molecular formula is C12H15N3O6. The van der Waals surface area contributed by atoms with Crippen LogP contribution in [0.2, 0.25) is 0 Å². The van der Waals surface area contributed by atoms with Crippen LogP contribution in [0.1, 0.15) is 12.8 Å². The van der Waals surface area contributed by atoms with Crippen molar-refractivity contribution in [3.8, 4) is 0 Å². The van der Waals surface area contributed by atoms with E-state index in [1.165, 1.54) is 11.9 Å². The van der Waals surface area contributed by atoms with Gasteiger partial charge in [0.2, 0.25) is 5.91 Å². The van der Waals surface area contributed by atoms with Crippen LogP contribution in [0.5, 0.6) is 0 Å². The Balaban J connectivity index is 2.64. The van der Waals surface area contributed by atoms with Crippen LogP contribution in [0, 0.1) is 10.1 Å². The lowest BCUT2D eigenvalue weighted by atomic mass is 10.3. The average Bonchev–Trinajstić information content (AvgIpc) is 2.43. The zero-order valence-electron chi connectivity index (χ0n) is 11.4. The third kappa shape index (κ3) is 5.05. The average molecular weight is 297 g/mol. The monoisotopic (exact) mass is 297 g/mol. The summed E-state index contributed by atoms with van der Waals surface area (Å²) in [6, 6.07) is 2.16. The van der Waals surface area contributed by atoms with Crippen LogP contribution in [0.4, 0.5) is 5.69 Å². The van der Waals surface area contributed by atoms with E-state index in [1.807, 2.05) is 0 Å². The van der Waals surface area contributed by atoms with Gasteiger partial charge in [-0.25, -0.2) is 0 Å². The Kier molecular flexibility index (Phi) is 5.58. The molecule has 0 unspecified atom stereocenters. The zero-order chi connectivity index (χ0) is 16.0. The molecule has 9 heteroatoms. The number of amides is 1. The first kappa shape index (κ1) is 16.3. The van der Waals surface area contributed by atoms with Gasteiger partial charge in [0, 0.05) is 38.7 Å². The van der Waals surface area contributed by atoms with Crippen LogP contribution < -0.4 is 5.56 Å². The Morgan fingerprint density at radius 2 is 2.05 bits per heavy atom. The van der Waals surface area contributed by atoms with Gasteiger partial charge in [-0.2, -0.15) is 0 Å². The number of carboxylic acids is 1. The SMILES string of the molecule is CN(CCC(=O)O)C(=O)CCn1cc([N+](=O)[O-])ccc1=O. The Morgan fingerprint density at radius 3 is 2.62 bits per heavy atom. The first-order chi connectivity index (χ1) is 9.81. The molecule has 0 fully saturated rings. The molecule has 1 aromatic heterocycles. The van der Waals surface area contributed by atoms with Crippen molar-refractivity contribution in [2.45, 2.75) is 19.4 Å². The minimum Gasteiger partial charge on any atom is -0.481 e. The molecule has 0 atom stereocenters. The number of nitro groups is 1. The van der Waals surface area contributed by atoms with Crippen LogP contribution in [0.3, 0.4) is 0 Å². The second kappa shape index (κ2) is 7.17. The molecule has 0 spiro atoms. The lowest BCUT2D eigenvalue weighted by Gasteiger charge is -2.16. The van der Waals surface area contributed by atoms with Crippen molar-refractivity contribution in [2.24, 2.45) is 0 Å². The Bertz CT molecular complexity index is 609.